The Morgan fingerprint density at radius 1 is 1.03 bits per heavy atom. The lowest BCUT2D eigenvalue weighted by Gasteiger charge is -2.40. The van der Waals surface area contributed by atoms with Gasteiger partial charge in [0.25, 0.3) is 0 Å². The molecule has 1 unspecified atom stereocenters. The van der Waals surface area contributed by atoms with Gasteiger partial charge in [-0.15, -0.1) is 11.3 Å². The van der Waals surface area contributed by atoms with Gasteiger partial charge in [-0.1, -0.05) is 50.2 Å². The Labute approximate surface area is 199 Å². The molecule has 0 N–H and O–H groups in total. The number of thiazole rings is 1. The normalized spacial score (nSPS) is 19.2. The molecule has 0 spiro atoms. The summed E-state index contributed by atoms with van der Waals surface area (Å²) in [4.78, 5) is 35.4. The summed E-state index contributed by atoms with van der Waals surface area (Å²) >= 11 is 1.78. The molecule has 5 rings (SSSR count). The lowest BCUT2D eigenvalue weighted by atomic mass is 9.91. The van der Waals surface area contributed by atoms with Crippen LogP contribution in [0.25, 0.3) is 10.2 Å². The Bertz CT molecular complexity index is 1130. The monoisotopic (exact) mass is 461 g/mol. The van der Waals surface area contributed by atoms with E-state index in [0.29, 0.717) is 25.3 Å². The summed E-state index contributed by atoms with van der Waals surface area (Å²) in [5.74, 6) is 0.860. The van der Waals surface area contributed by atoms with Gasteiger partial charge in [0.1, 0.15) is 6.04 Å². The molecule has 2 amide bonds. The Kier molecular flexibility index (Phi) is 6.19. The van der Waals surface area contributed by atoms with Crippen molar-refractivity contribution < 1.29 is 9.59 Å². The molecule has 172 valence electrons. The minimum atomic E-state index is -0.398. The predicted molar refractivity (Wildman–Crippen MR) is 132 cm³/mol. The van der Waals surface area contributed by atoms with Crippen molar-refractivity contribution >= 4 is 33.4 Å². The van der Waals surface area contributed by atoms with Crippen molar-refractivity contribution in [2.75, 3.05) is 13.1 Å². The minimum absolute atomic E-state index is 0.0854. The van der Waals surface area contributed by atoms with Crippen molar-refractivity contribution in [3.05, 3.63) is 64.7 Å². The third kappa shape index (κ3) is 4.54. The fourth-order valence-corrected chi connectivity index (χ4v) is 6.23. The van der Waals surface area contributed by atoms with Crippen LogP contribution < -0.4 is 0 Å². The molecular formula is C27H31N3O2S. The molecule has 0 radical (unpaired) electrons. The van der Waals surface area contributed by atoms with Gasteiger partial charge in [0.05, 0.1) is 15.2 Å². The van der Waals surface area contributed by atoms with E-state index in [9.17, 15) is 9.59 Å². The molecule has 1 aromatic heterocycles. The third-order valence-corrected chi connectivity index (χ3v) is 8.10. The maximum absolute atomic E-state index is 13.7. The smallest absolute Gasteiger partial charge is 0.245 e. The summed E-state index contributed by atoms with van der Waals surface area (Å²) in [6.07, 6.45) is 2.94. The van der Waals surface area contributed by atoms with Crippen molar-refractivity contribution in [2.24, 2.45) is 5.92 Å². The molecule has 1 atom stereocenters. The molecule has 2 aliphatic heterocycles. The number of para-hydroxylation sites is 1. The van der Waals surface area contributed by atoms with Gasteiger partial charge in [-0.2, -0.15) is 0 Å². The topological polar surface area (TPSA) is 53.5 Å². The van der Waals surface area contributed by atoms with Gasteiger partial charge in [0.2, 0.25) is 11.8 Å². The fraction of sp³-hybridized carbons (Fsp3) is 0.444. The van der Waals surface area contributed by atoms with Gasteiger partial charge in [-0.3, -0.25) is 9.59 Å². The van der Waals surface area contributed by atoms with E-state index in [0.717, 1.165) is 37.0 Å². The van der Waals surface area contributed by atoms with Crippen LogP contribution in [0.3, 0.4) is 0 Å². The van der Waals surface area contributed by atoms with Crippen LogP contribution in [0.5, 0.6) is 0 Å². The first-order valence-electron chi connectivity index (χ1n) is 12.0. The molecule has 5 nitrogen and oxygen atoms in total. The van der Waals surface area contributed by atoms with Crippen molar-refractivity contribution in [2.45, 2.75) is 58.0 Å². The molecule has 0 aliphatic carbocycles. The molecule has 2 aliphatic rings. The van der Waals surface area contributed by atoms with Gasteiger partial charge in [-0.05, 0) is 42.0 Å². The standard InChI is InChI=1S/C27H31N3O2S/c1-18(2)15-25(31)30-17-21-8-4-3-7-20(21)16-23(30)27(32)29-13-11-19(12-14-29)26-28-22-9-5-6-10-24(22)33-26/h3-10,18-19,23H,11-17H2,1-2H3. The summed E-state index contributed by atoms with van der Waals surface area (Å²) in [5.41, 5.74) is 3.41. The number of likely N-dealkylation sites (tertiary alicyclic amines) is 1. The first-order chi connectivity index (χ1) is 16.0. The Hall–Kier alpha value is -2.73. The number of piperidine rings is 1. The summed E-state index contributed by atoms with van der Waals surface area (Å²) in [6.45, 7) is 6.09. The second-order valence-electron chi connectivity index (χ2n) is 9.73. The van der Waals surface area contributed by atoms with E-state index in [1.807, 2.05) is 28.0 Å². The van der Waals surface area contributed by atoms with Crippen molar-refractivity contribution in [1.82, 2.24) is 14.8 Å². The van der Waals surface area contributed by atoms with Crippen LogP contribution in [0, 0.1) is 5.92 Å². The second kappa shape index (κ2) is 9.26. The average molecular weight is 462 g/mol. The van der Waals surface area contributed by atoms with Gasteiger partial charge in [0.15, 0.2) is 0 Å². The minimum Gasteiger partial charge on any atom is -0.341 e. The molecular weight excluding hydrogens is 430 g/mol. The number of carbonyl (C=O) groups excluding carboxylic acids is 2. The molecule has 33 heavy (non-hydrogen) atoms. The number of hydrogen-bond acceptors (Lipinski definition) is 4. The van der Waals surface area contributed by atoms with Crippen LogP contribution in [0.4, 0.5) is 0 Å². The van der Waals surface area contributed by atoms with Crippen LogP contribution >= 0.6 is 11.3 Å². The maximum Gasteiger partial charge on any atom is 0.245 e. The van der Waals surface area contributed by atoms with Crippen molar-refractivity contribution in [1.29, 1.82) is 0 Å². The number of aromatic nitrogens is 1. The zero-order chi connectivity index (χ0) is 22.9. The molecule has 3 aromatic rings. The van der Waals surface area contributed by atoms with Crippen LogP contribution in [0.1, 0.15) is 55.2 Å². The highest BCUT2D eigenvalue weighted by Crippen LogP contribution is 2.34. The number of nitrogens with zero attached hydrogens (tertiary/aromatic N) is 3. The van der Waals surface area contributed by atoms with E-state index in [-0.39, 0.29) is 17.7 Å². The van der Waals surface area contributed by atoms with Gasteiger partial charge >= 0.3 is 0 Å². The van der Waals surface area contributed by atoms with Crippen LogP contribution in [0.2, 0.25) is 0 Å². The molecule has 0 saturated carbocycles. The number of benzene rings is 2. The largest absolute Gasteiger partial charge is 0.341 e. The fourth-order valence-electron chi connectivity index (χ4n) is 5.09. The van der Waals surface area contributed by atoms with Crippen molar-refractivity contribution in [3.8, 4) is 0 Å². The maximum atomic E-state index is 13.7. The average Bonchev–Trinajstić information content (AvgIpc) is 3.27. The quantitative estimate of drug-likeness (QED) is 0.549. The van der Waals surface area contributed by atoms with E-state index in [1.54, 1.807) is 11.3 Å². The molecule has 3 heterocycles. The summed E-state index contributed by atoms with van der Waals surface area (Å²) in [7, 11) is 0. The molecule has 0 bridgehead atoms. The molecule has 6 heteroatoms. The van der Waals surface area contributed by atoms with Crippen LogP contribution in [-0.4, -0.2) is 45.7 Å². The molecule has 1 fully saturated rings. The number of carbonyl (C=O) groups is 2. The number of hydrogen-bond donors (Lipinski definition) is 0. The highest BCUT2D eigenvalue weighted by atomic mass is 32.1. The highest BCUT2D eigenvalue weighted by molar-refractivity contribution is 7.18. The van der Waals surface area contributed by atoms with E-state index >= 15 is 0 Å². The first-order valence-corrected chi connectivity index (χ1v) is 12.8. The van der Waals surface area contributed by atoms with Gasteiger partial charge < -0.3 is 9.80 Å². The second-order valence-corrected chi connectivity index (χ2v) is 10.8. The number of amides is 2. The number of fused-ring (bicyclic) bond motifs is 2. The lowest BCUT2D eigenvalue weighted by molar-refractivity contribution is -0.148. The van der Waals surface area contributed by atoms with E-state index < -0.39 is 6.04 Å². The highest BCUT2D eigenvalue weighted by Gasteiger charge is 2.38. The van der Waals surface area contributed by atoms with Gasteiger partial charge in [-0.25, -0.2) is 4.98 Å². The third-order valence-electron chi connectivity index (χ3n) is 6.90. The summed E-state index contributed by atoms with van der Waals surface area (Å²) in [5, 5.41) is 1.18. The van der Waals surface area contributed by atoms with E-state index in [1.165, 1.54) is 15.3 Å². The van der Waals surface area contributed by atoms with Gasteiger partial charge in [0, 0.05) is 38.4 Å². The SMILES string of the molecule is CC(C)CC(=O)N1Cc2ccccc2CC1C(=O)N1CCC(c2nc3ccccc3s2)CC1. The first kappa shape index (κ1) is 22.1. The predicted octanol–water partition coefficient (Wildman–Crippen LogP) is 5.00. The van der Waals surface area contributed by atoms with E-state index in [4.69, 9.17) is 4.98 Å². The lowest BCUT2D eigenvalue weighted by Crippen LogP contribution is -2.55. The molecule has 1 saturated heterocycles. The molecule has 2 aromatic carbocycles. The van der Waals surface area contributed by atoms with E-state index in [2.05, 4.69) is 44.2 Å². The Balaban J connectivity index is 1.30. The summed E-state index contributed by atoms with van der Waals surface area (Å²) < 4.78 is 1.23. The zero-order valence-corrected chi connectivity index (χ0v) is 20.2. The number of rotatable bonds is 4. The van der Waals surface area contributed by atoms with Crippen LogP contribution in [-0.2, 0) is 22.6 Å². The summed E-state index contributed by atoms with van der Waals surface area (Å²) in [6, 6.07) is 16.1. The zero-order valence-electron chi connectivity index (χ0n) is 19.4. The Morgan fingerprint density at radius 3 is 2.45 bits per heavy atom. The Morgan fingerprint density at radius 2 is 1.73 bits per heavy atom. The van der Waals surface area contributed by atoms with Crippen molar-refractivity contribution in [3.63, 3.8) is 0 Å². The van der Waals surface area contributed by atoms with Crippen LogP contribution in [0.15, 0.2) is 48.5 Å².